The molecule has 2 N–H and O–H groups in total. The van der Waals surface area contributed by atoms with Crippen molar-refractivity contribution in [2.75, 3.05) is 13.2 Å². The van der Waals surface area contributed by atoms with Gasteiger partial charge in [0.15, 0.2) is 0 Å². The maximum atomic E-state index is 12.9. The quantitative estimate of drug-likeness (QED) is 0.854. The Balaban J connectivity index is 1.61. The van der Waals surface area contributed by atoms with Gasteiger partial charge in [0.1, 0.15) is 5.82 Å². The van der Waals surface area contributed by atoms with E-state index in [1.54, 1.807) is 12.1 Å². The van der Waals surface area contributed by atoms with Crippen LogP contribution in [0.15, 0.2) is 29.6 Å². The number of benzene rings is 1. The zero-order valence-corrected chi connectivity index (χ0v) is 13.9. The molecule has 0 radical (unpaired) electrons. The summed E-state index contributed by atoms with van der Waals surface area (Å²) in [6.07, 6.45) is 0.592. The van der Waals surface area contributed by atoms with Gasteiger partial charge in [0.2, 0.25) is 5.91 Å². The lowest BCUT2D eigenvalue weighted by molar-refractivity contribution is -0.132. The maximum absolute atomic E-state index is 12.9. The number of β-amino-alcohol motifs (C(OH)–C–C–N with tert-alkyl or cyclic N) is 1. The highest BCUT2D eigenvalue weighted by Crippen LogP contribution is 2.20. The topological polar surface area (TPSA) is 73.7 Å². The van der Waals surface area contributed by atoms with Crippen molar-refractivity contribution in [2.24, 2.45) is 0 Å². The summed E-state index contributed by atoms with van der Waals surface area (Å²) in [7, 11) is 0. The Morgan fingerprint density at radius 3 is 2.83 bits per heavy atom. The number of hydrogen-bond donors (Lipinski definition) is 2. The number of rotatable bonds is 5. The van der Waals surface area contributed by atoms with Crippen molar-refractivity contribution in [1.82, 2.24) is 9.88 Å². The van der Waals surface area contributed by atoms with Crippen molar-refractivity contribution in [1.29, 1.82) is 0 Å². The van der Waals surface area contributed by atoms with Crippen LogP contribution in [0.3, 0.4) is 0 Å². The van der Waals surface area contributed by atoms with E-state index in [4.69, 9.17) is 0 Å². The molecule has 2 atom stereocenters. The van der Waals surface area contributed by atoms with E-state index >= 15 is 0 Å². The lowest BCUT2D eigenvalue weighted by Crippen LogP contribution is -2.39. The molecule has 7 heteroatoms. The van der Waals surface area contributed by atoms with E-state index in [2.05, 4.69) is 4.98 Å². The van der Waals surface area contributed by atoms with E-state index in [1.807, 2.05) is 5.38 Å². The average Bonchev–Trinajstić information content (AvgIpc) is 3.15. The molecule has 1 saturated heterocycles. The minimum atomic E-state index is -0.574. The van der Waals surface area contributed by atoms with Crippen LogP contribution in [-0.2, 0) is 17.6 Å². The van der Waals surface area contributed by atoms with Gasteiger partial charge < -0.3 is 15.1 Å². The summed E-state index contributed by atoms with van der Waals surface area (Å²) in [6, 6.07) is 5.96. The largest absolute Gasteiger partial charge is 0.394 e. The van der Waals surface area contributed by atoms with Gasteiger partial charge in [-0.25, -0.2) is 9.37 Å². The molecule has 0 aliphatic carbocycles. The van der Waals surface area contributed by atoms with Crippen molar-refractivity contribution in [3.8, 4) is 0 Å². The van der Waals surface area contributed by atoms with Crippen molar-refractivity contribution >= 4 is 17.2 Å². The molecule has 1 fully saturated rings. The first-order valence-corrected chi connectivity index (χ1v) is 8.69. The van der Waals surface area contributed by atoms with E-state index in [-0.39, 0.29) is 37.3 Å². The highest BCUT2D eigenvalue weighted by atomic mass is 32.1. The third-order valence-electron chi connectivity index (χ3n) is 4.12. The zero-order chi connectivity index (χ0) is 17.1. The molecule has 0 unspecified atom stereocenters. The van der Waals surface area contributed by atoms with Gasteiger partial charge in [-0.05, 0) is 24.1 Å². The number of carbonyl (C=O) groups excluding carboxylic acids is 1. The monoisotopic (exact) mass is 350 g/mol. The van der Waals surface area contributed by atoms with Crippen LogP contribution in [0.25, 0.3) is 0 Å². The summed E-state index contributed by atoms with van der Waals surface area (Å²) in [4.78, 5) is 18.4. The Kier molecular flexibility index (Phi) is 5.23. The first-order valence-electron chi connectivity index (χ1n) is 7.81. The summed E-state index contributed by atoms with van der Waals surface area (Å²) in [5.74, 6) is -0.403. The van der Waals surface area contributed by atoms with Crippen LogP contribution in [0.5, 0.6) is 0 Å². The number of carbonyl (C=O) groups is 1. The van der Waals surface area contributed by atoms with Gasteiger partial charge >= 0.3 is 0 Å². The summed E-state index contributed by atoms with van der Waals surface area (Å²) in [5, 5.41) is 21.7. The molecule has 1 aliphatic heterocycles. The molecule has 1 aromatic carbocycles. The Morgan fingerprint density at radius 1 is 1.38 bits per heavy atom. The minimum Gasteiger partial charge on any atom is -0.394 e. The number of halogens is 1. The molecule has 24 heavy (non-hydrogen) atoms. The summed E-state index contributed by atoms with van der Waals surface area (Å²) < 4.78 is 12.9. The van der Waals surface area contributed by atoms with Crippen LogP contribution in [0.1, 0.15) is 22.7 Å². The fraction of sp³-hybridized carbons (Fsp3) is 0.412. The second-order valence-corrected chi connectivity index (χ2v) is 6.93. The first kappa shape index (κ1) is 17.0. The van der Waals surface area contributed by atoms with Gasteiger partial charge in [0.25, 0.3) is 0 Å². The van der Waals surface area contributed by atoms with E-state index < -0.39 is 6.10 Å². The highest BCUT2D eigenvalue weighted by molar-refractivity contribution is 7.09. The number of hydrogen-bond acceptors (Lipinski definition) is 5. The van der Waals surface area contributed by atoms with E-state index in [0.717, 1.165) is 10.6 Å². The number of thiazole rings is 1. The van der Waals surface area contributed by atoms with Crippen LogP contribution in [0.4, 0.5) is 4.39 Å². The molecule has 128 valence electrons. The number of aliphatic hydroxyl groups is 2. The van der Waals surface area contributed by atoms with Crippen LogP contribution in [0, 0.1) is 5.82 Å². The number of amides is 1. The van der Waals surface area contributed by atoms with Gasteiger partial charge in [-0.15, -0.1) is 11.3 Å². The van der Waals surface area contributed by atoms with Crippen molar-refractivity contribution in [3.63, 3.8) is 0 Å². The summed E-state index contributed by atoms with van der Waals surface area (Å²) >= 11 is 1.47. The zero-order valence-electron chi connectivity index (χ0n) is 13.1. The molecule has 0 bridgehead atoms. The normalized spacial score (nSPS) is 20.5. The standard InChI is InChI=1S/C17H19FN2O3S/c18-12-3-1-11(2-4-12)5-16-19-13(10-24-16)6-17(23)20-8-15(22)7-14(20)9-21/h1-4,10,14-15,21-22H,5-9H2/t14-,15+/m0/s1. The van der Waals surface area contributed by atoms with Gasteiger partial charge in [-0.1, -0.05) is 12.1 Å². The van der Waals surface area contributed by atoms with Crippen molar-refractivity contribution in [3.05, 3.63) is 51.7 Å². The fourth-order valence-corrected chi connectivity index (χ4v) is 3.74. The predicted molar refractivity (Wildman–Crippen MR) is 88.2 cm³/mol. The predicted octanol–water partition coefficient (Wildman–Crippen LogP) is 1.37. The molecule has 0 saturated carbocycles. The van der Waals surface area contributed by atoms with Gasteiger partial charge in [0.05, 0.1) is 35.9 Å². The summed E-state index contributed by atoms with van der Waals surface area (Å²) in [6.45, 7) is 0.117. The van der Waals surface area contributed by atoms with E-state index in [1.165, 1.54) is 28.4 Å². The van der Waals surface area contributed by atoms with Crippen LogP contribution < -0.4 is 0 Å². The van der Waals surface area contributed by atoms with Crippen molar-refractivity contribution < 1.29 is 19.4 Å². The Morgan fingerprint density at radius 2 is 2.12 bits per heavy atom. The average molecular weight is 350 g/mol. The van der Waals surface area contributed by atoms with Crippen LogP contribution in [-0.4, -0.2) is 51.3 Å². The van der Waals surface area contributed by atoms with Gasteiger partial charge in [0, 0.05) is 18.3 Å². The molecule has 1 aliphatic rings. The highest BCUT2D eigenvalue weighted by Gasteiger charge is 2.33. The number of nitrogens with zero attached hydrogens (tertiary/aromatic N) is 2. The molecule has 0 spiro atoms. The number of likely N-dealkylation sites (tertiary alicyclic amines) is 1. The molecule has 1 amide bonds. The molecule has 3 rings (SSSR count). The third-order valence-corrected chi connectivity index (χ3v) is 5.02. The molecular weight excluding hydrogens is 331 g/mol. The second-order valence-electron chi connectivity index (χ2n) is 5.98. The Hall–Kier alpha value is -1.83. The SMILES string of the molecule is O=C(Cc1csc(Cc2ccc(F)cc2)n1)N1C[C@H](O)C[C@H]1CO. The van der Waals surface area contributed by atoms with Crippen LogP contribution in [0.2, 0.25) is 0 Å². The van der Waals surface area contributed by atoms with E-state index in [9.17, 15) is 19.4 Å². The number of aromatic nitrogens is 1. The Labute approximate surface area is 143 Å². The first-order chi connectivity index (χ1) is 11.5. The molecule has 2 aromatic rings. The maximum Gasteiger partial charge on any atom is 0.229 e. The lowest BCUT2D eigenvalue weighted by atomic mass is 10.1. The summed E-state index contributed by atoms with van der Waals surface area (Å²) in [5.41, 5.74) is 1.65. The third kappa shape index (κ3) is 3.98. The molecule has 5 nitrogen and oxygen atoms in total. The van der Waals surface area contributed by atoms with E-state index in [0.29, 0.717) is 18.5 Å². The molecule has 2 heterocycles. The number of aliphatic hydroxyl groups excluding tert-OH is 2. The minimum absolute atomic E-state index is 0.135. The van der Waals surface area contributed by atoms with Gasteiger partial charge in [-0.2, -0.15) is 0 Å². The van der Waals surface area contributed by atoms with Crippen molar-refractivity contribution in [2.45, 2.75) is 31.4 Å². The second kappa shape index (κ2) is 7.38. The molecule has 1 aromatic heterocycles. The molecular formula is C17H19FN2O3S. The van der Waals surface area contributed by atoms with Gasteiger partial charge in [-0.3, -0.25) is 4.79 Å². The smallest absolute Gasteiger partial charge is 0.229 e. The lowest BCUT2D eigenvalue weighted by Gasteiger charge is -2.22. The fourth-order valence-electron chi connectivity index (χ4n) is 2.92. The van der Waals surface area contributed by atoms with Crippen LogP contribution >= 0.6 is 11.3 Å². The Bertz CT molecular complexity index is 704.